The number of hydrogen-bond donors (Lipinski definition) is 1. The van der Waals surface area contributed by atoms with E-state index in [1.807, 2.05) is 0 Å². The lowest BCUT2D eigenvalue weighted by Crippen LogP contribution is -2.50. The van der Waals surface area contributed by atoms with Gasteiger partial charge >= 0.3 is 6.03 Å². The van der Waals surface area contributed by atoms with Gasteiger partial charge in [0.15, 0.2) is 0 Å². The average molecular weight is 489 g/mol. The summed E-state index contributed by atoms with van der Waals surface area (Å²) in [5.41, 5.74) is 0.722. The van der Waals surface area contributed by atoms with E-state index in [1.165, 1.54) is 0 Å². The minimum absolute atomic E-state index is 0.124. The zero-order valence-electron chi connectivity index (χ0n) is 19.0. The Morgan fingerprint density at radius 1 is 0.706 bits per heavy atom. The van der Waals surface area contributed by atoms with Crippen LogP contribution in [0.25, 0.3) is 0 Å². The molecule has 5 rings (SSSR count). The van der Waals surface area contributed by atoms with Gasteiger partial charge in [0.05, 0.1) is 26.4 Å². The highest BCUT2D eigenvalue weighted by Gasteiger charge is 2.26. The highest BCUT2D eigenvalue weighted by atomic mass is 35.5. The topological polar surface area (TPSA) is 99.2 Å². The lowest BCUT2D eigenvalue weighted by molar-refractivity contribution is 0.121. The van der Waals surface area contributed by atoms with E-state index < -0.39 is 0 Å². The van der Waals surface area contributed by atoms with Crippen molar-refractivity contribution in [2.24, 2.45) is 0 Å². The third-order valence-corrected chi connectivity index (χ3v) is 6.39. The van der Waals surface area contributed by atoms with Gasteiger partial charge in [-0.25, -0.2) is 4.79 Å². The predicted octanol–water partition coefficient (Wildman–Crippen LogP) is 1.55. The molecule has 2 amide bonds. The van der Waals surface area contributed by atoms with Gasteiger partial charge in [0.2, 0.25) is 17.8 Å². The molecule has 3 aliphatic rings. The zero-order chi connectivity index (χ0) is 23.3. The summed E-state index contributed by atoms with van der Waals surface area (Å²) >= 11 is 5.93. The van der Waals surface area contributed by atoms with Crippen LogP contribution in [-0.2, 0) is 9.47 Å². The Morgan fingerprint density at radius 2 is 1.15 bits per heavy atom. The van der Waals surface area contributed by atoms with Crippen molar-refractivity contribution in [2.75, 3.05) is 98.8 Å². The third kappa shape index (κ3) is 5.43. The minimum Gasteiger partial charge on any atom is -0.378 e. The minimum atomic E-state index is -0.124. The van der Waals surface area contributed by atoms with Crippen molar-refractivity contribution in [3.8, 4) is 0 Å². The summed E-state index contributed by atoms with van der Waals surface area (Å²) in [5, 5.41) is 3.57. The number of nitrogens with one attached hydrogen (secondary N) is 1. The Hall–Kier alpha value is -2.89. The van der Waals surface area contributed by atoms with E-state index in [0.29, 0.717) is 75.5 Å². The van der Waals surface area contributed by atoms with Gasteiger partial charge in [-0.15, -0.1) is 0 Å². The fraction of sp³-hybridized carbons (Fsp3) is 0.545. The predicted molar refractivity (Wildman–Crippen MR) is 130 cm³/mol. The fourth-order valence-corrected chi connectivity index (χ4v) is 4.27. The summed E-state index contributed by atoms with van der Waals surface area (Å²) in [6.45, 7) is 8.10. The average Bonchev–Trinajstić information content (AvgIpc) is 2.91. The maximum Gasteiger partial charge on any atom is 0.321 e. The molecule has 0 saturated carbocycles. The van der Waals surface area contributed by atoms with Gasteiger partial charge in [0, 0.05) is 63.1 Å². The first-order valence-electron chi connectivity index (χ1n) is 11.6. The second-order valence-electron chi connectivity index (χ2n) is 8.35. The third-order valence-electron chi connectivity index (χ3n) is 6.13. The Balaban J connectivity index is 1.28. The van der Waals surface area contributed by atoms with Crippen LogP contribution in [0.4, 0.5) is 28.3 Å². The van der Waals surface area contributed by atoms with Gasteiger partial charge in [0.25, 0.3) is 0 Å². The highest BCUT2D eigenvalue weighted by Crippen LogP contribution is 2.22. The number of amides is 2. The van der Waals surface area contributed by atoms with Gasteiger partial charge in [-0.2, -0.15) is 15.0 Å². The monoisotopic (exact) mass is 488 g/mol. The summed E-state index contributed by atoms with van der Waals surface area (Å²) in [6, 6.07) is 6.98. The molecule has 0 unspecified atom stereocenters. The quantitative estimate of drug-likeness (QED) is 0.687. The number of nitrogens with zero attached hydrogens (tertiary/aromatic N) is 7. The molecule has 2 aromatic rings. The molecular formula is C22H29ClN8O3. The van der Waals surface area contributed by atoms with Gasteiger partial charge in [0.1, 0.15) is 0 Å². The Labute approximate surface area is 203 Å². The normalized spacial score (nSPS) is 19.3. The van der Waals surface area contributed by atoms with Gasteiger partial charge in [-0.05, 0) is 24.3 Å². The summed E-state index contributed by atoms with van der Waals surface area (Å²) in [7, 11) is 0. The SMILES string of the molecule is O=C(Nc1ccc(Cl)cc1)N1CCN(c2nc(N3CCOCC3)nc(N3CCOCC3)n2)CC1. The number of benzene rings is 1. The van der Waals surface area contributed by atoms with Crippen LogP contribution in [0, 0.1) is 0 Å². The first-order valence-corrected chi connectivity index (χ1v) is 12.0. The molecule has 1 N–H and O–H groups in total. The number of ether oxygens (including phenoxy) is 2. The molecule has 3 saturated heterocycles. The first-order chi connectivity index (χ1) is 16.7. The first kappa shape index (κ1) is 22.9. The second-order valence-corrected chi connectivity index (χ2v) is 8.78. The molecule has 34 heavy (non-hydrogen) atoms. The van der Waals surface area contributed by atoms with Crippen LogP contribution in [0.1, 0.15) is 0 Å². The van der Waals surface area contributed by atoms with Gasteiger partial charge < -0.3 is 34.4 Å². The number of carbonyl (C=O) groups excluding carboxylic acids is 1. The largest absolute Gasteiger partial charge is 0.378 e. The van der Waals surface area contributed by atoms with Crippen LogP contribution in [0.5, 0.6) is 0 Å². The molecule has 1 aromatic carbocycles. The molecule has 0 radical (unpaired) electrons. The molecule has 0 atom stereocenters. The van der Waals surface area contributed by atoms with Crippen molar-refractivity contribution in [3.05, 3.63) is 29.3 Å². The van der Waals surface area contributed by atoms with Crippen LogP contribution >= 0.6 is 11.6 Å². The number of urea groups is 1. The van der Waals surface area contributed by atoms with E-state index in [0.717, 1.165) is 31.9 Å². The number of aromatic nitrogens is 3. The summed E-state index contributed by atoms with van der Waals surface area (Å²) in [4.78, 5) is 35.3. The lowest BCUT2D eigenvalue weighted by Gasteiger charge is -2.36. The molecule has 3 aliphatic heterocycles. The Bertz CT molecular complexity index is 938. The maximum absolute atomic E-state index is 12.7. The summed E-state index contributed by atoms with van der Waals surface area (Å²) < 4.78 is 11.0. The van der Waals surface area contributed by atoms with Crippen LogP contribution < -0.4 is 20.0 Å². The molecule has 0 bridgehead atoms. The highest BCUT2D eigenvalue weighted by molar-refractivity contribution is 6.30. The number of carbonyl (C=O) groups is 1. The summed E-state index contributed by atoms with van der Waals surface area (Å²) in [6.07, 6.45) is 0. The molecule has 0 spiro atoms. The molecule has 1 aromatic heterocycles. The number of rotatable bonds is 4. The van der Waals surface area contributed by atoms with E-state index in [4.69, 9.17) is 36.0 Å². The Kier molecular flexibility index (Phi) is 7.12. The van der Waals surface area contributed by atoms with E-state index in [1.54, 1.807) is 29.2 Å². The van der Waals surface area contributed by atoms with Crippen LogP contribution in [0.2, 0.25) is 5.02 Å². The summed E-state index contributed by atoms with van der Waals surface area (Å²) in [5.74, 6) is 2.01. The zero-order valence-corrected chi connectivity index (χ0v) is 19.8. The number of morpholine rings is 2. The van der Waals surface area contributed by atoms with Crippen molar-refractivity contribution >= 4 is 41.2 Å². The molecule has 4 heterocycles. The lowest BCUT2D eigenvalue weighted by atomic mass is 10.3. The number of anilines is 4. The molecule has 3 fully saturated rings. The van der Waals surface area contributed by atoms with Gasteiger partial charge in [-0.1, -0.05) is 11.6 Å². The van der Waals surface area contributed by atoms with Crippen LogP contribution in [0.15, 0.2) is 24.3 Å². The van der Waals surface area contributed by atoms with E-state index in [2.05, 4.69) is 20.0 Å². The van der Waals surface area contributed by atoms with E-state index >= 15 is 0 Å². The standard InChI is InChI=1S/C22H29ClN8O3/c23-17-1-3-18(4-2-17)24-22(32)31-7-5-28(6-8-31)19-25-20(29-9-13-33-14-10-29)27-21(26-19)30-11-15-34-16-12-30/h1-4H,5-16H2,(H,24,32). The number of halogens is 1. The fourth-order valence-electron chi connectivity index (χ4n) is 4.14. The van der Waals surface area contributed by atoms with Crippen molar-refractivity contribution in [1.82, 2.24) is 19.9 Å². The van der Waals surface area contributed by atoms with E-state index in [-0.39, 0.29) is 6.03 Å². The van der Waals surface area contributed by atoms with Crippen molar-refractivity contribution < 1.29 is 14.3 Å². The molecule has 182 valence electrons. The molecule has 11 nitrogen and oxygen atoms in total. The van der Waals surface area contributed by atoms with Crippen LogP contribution in [-0.4, -0.2) is 105 Å². The molecule has 0 aliphatic carbocycles. The smallest absolute Gasteiger partial charge is 0.321 e. The van der Waals surface area contributed by atoms with Crippen molar-refractivity contribution in [1.29, 1.82) is 0 Å². The van der Waals surface area contributed by atoms with Gasteiger partial charge in [-0.3, -0.25) is 0 Å². The number of piperazine rings is 1. The second kappa shape index (κ2) is 10.6. The number of hydrogen-bond acceptors (Lipinski definition) is 9. The van der Waals surface area contributed by atoms with Crippen molar-refractivity contribution in [2.45, 2.75) is 0 Å². The molecule has 12 heteroatoms. The van der Waals surface area contributed by atoms with Crippen molar-refractivity contribution in [3.63, 3.8) is 0 Å². The van der Waals surface area contributed by atoms with Crippen LogP contribution in [0.3, 0.4) is 0 Å². The van der Waals surface area contributed by atoms with E-state index in [9.17, 15) is 4.79 Å². The molecular weight excluding hydrogens is 460 g/mol. The Morgan fingerprint density at radius 3 is 1.62 bits per heavy atom. The maximum atomic E-state index is 12.7.